The van der Waals surface area contributed by atoms with Gasteiger partial charge in [0.2, 0.25) is 0 Å². The number of azo groups is 1. The van der Waals surface area contributed by atoms with E-state index in [1.807, 2.05) is 42.5 Å². The van der Waals surface area contributed by atoms with Gasteiger partial charge in [-0.2, -0.15) is 14.2 Å². The summed E-state index contributed by atoms with van der Waals surface area (Å²) in [6, 6.07) is 24.0. The van der Waals surface area contributed by atoms with Crippen molar-refractivity contribution < 1.29 is 9.90 Å². The smallest absolute Gasteiger partial charge is 0.263 e. The van der Waals surface area contributed by atoms with Crippen LogP contribution in [0.1, 0.15) is 10.4 Å². The number of phenols is 1. The number of anilines is 1. The normalized spacial score (nSPS) is 11.3. The van der Waals surface area contributed by atoms with Crippen LogP contribution >= 0.6 is 22.9 Å². The fourth-order valence-electron chi connectivity index (χ4n) is 4.51. The van der Waals surface area contributed by atoms with Crippen LogP contribution in [0, 0.1) is 6.57 Å². The summed E-state index contributed by atoms with van der Waals surface area (Å²) >= 11 is 2.69. The molecule has 13 heteroatoms. The van der Waals surface area contributed by atoms with Crippen LogP contribution in [-0.4, -0.2) is 35.1 Å². The minimum atomic E-state index is -0.522. The molecule has 0 atom stereocenters. The van der Waals surface area contributed by atoms with Gasteiger partial charge in [-0.25, -0.2) is 14.8 Å². The van der Waals surface area contributed by atoms with Crippen LogP contribution in [0.4, 0.5) is 22.9 Å². The Morgan fingerprint density at radius 1 is 1.02 bits per heavy atom. The van der Waals surface area contributed by atoms with Crippen LogP contribution in [0.5, 0.6) is 5.75 Å². The lowest BCUT2D eigenvalue weighted by Crippen LogP contribution is -2.12. The maximum Gasteiger partial charge on any atom is 0.263 e. The van der Waals surface area contributed by atoms with Crippen LogP contribution in [0.25, 0.3) is 42.4 Å². The molecule has 2 N–H and O–H groups in total. The van der Waals surface area contributed by atoms with Gasteiger partial charge in [0, 0.05) is 16.6 Å². The van der Waals surface area contributed by atoms with Gasteiger partial charge in [-0.1, -0.05) is 42.5 Å². The van der Waals surface area contributed by atoms with Gasteiger partial charge in [-0.3, -0.25) is 4.79 Å². The second-order valence-electron chi connectivity index (χ2n) is 9.17. The Bertz CT molecular complexity index is 2180. The van der Waals surface area contributed by atoms with Crippen LogP contribution < -0.4 is 5.32 Å². The average molecular weight is 600 g/mol. The van der Waals surface area contributed by atoms with Crippen LogP contribution in [0.2, 0.25) is 0 Å². The summed E-state index contributed by atoms with van der Waals surface area (Å²) < 4.78 is 6.52. The minimum Gasteiger partial charge on any atom is -0.505 e. The molecule has 0 saturated heterocycles. The van der Waals surface area contributed by atoms with E-state index in [2.05, 4.69) is 34.8 Å². The Labute approximate surface area is 251 Å². The Kier molecular flexibility index (Phi) is 6.59. The molecule has 0 fully saturated rings. The molecule has 3 aromatic heterocycles. The molecule has 0 aliphatic heterocycles. The maximum absolute atomic E-state index is 13.4. The number of aromatic nitrogens is 5. The third-order valence-corrected chi connectivity index (χ3v) is 8.09. The molecule has 0 aliphatic rings. The van der Waals surface area contributed by atoms with E-state index in [0.717, 1.165) is 32.3 Å². The van der Waals surface area contributed by atoms with Crippen molar-refractivity contribution in [1.82, 2.24) is 24.1 Å². The number of amides is 1. The first-order valence-electron chi connectivity index (χ1n) is 12.7. The quantitative estimate of drug-likeness (QED) is 0.147. The molecule has 206 valence electrons. The summed E-state index contributed by atoms with van der Waals surface area (Å²) in [5.74, 6) is -0.559. The van der Waals surface area contributed by atoms with Crippen LogP contribution in [0.3, 0.4) is 0 Å². The van der Waals surface area contributed by atoms with Gasteiger partial charge in [0.15, 0.2) is 11.6 Å². The number of nitrogens with zero attached hydrogens (tertiary/aromatic N) is 8. The van der Waals surface area contributed by atoms with Crippen molar-refractivity contribution in [2.24, 2.45) is 10.2 Å². The van der Waals surface area contributed by atoms with Gasteiger partial charge in [0.25, 0.3) is 17.5 Å². The second-order valence-corrected chi connectivity index (χ2v) is 10.8. The zero-order valence-electron chi connectivity index (χ0n) is 21.9. The first-order valence-corrected chi connectivity index (χ1v) is 14.4. The van der Waals surface area contributed by atoms with E-state index in [-0.39, 0.29) is 34.5 Å². The first-order chi connectivity index (χ1) is 21.1. The predicted octanol–water partition coefficient (Wildman–Crippen LogP) is 8.08. The number of nitrogens with one attached hydrogen (secondary N) is 1. The number of rotatable bonds is 6. The van der Waals surface area contributed by atoms with E-state index < -0.39 is 5.91 Å². The number of aromatic hydroxyl groups is 1. The van der Waals surface area contributed by atoms with Gasteiger partial charge >= 0.3 is 0 Å². The number of phenolic OH excluding ortho intramolecular Hbond substituents is 1. The number of hydrogen-bond donors (Lipinski definition) is 2. The SMILES string of the molecule is [C-]#[N+]c1cnn(-c2ncsn2)c1N=Nc1c(O)c(C(=O)Nc2ccccc2)cc2cc(-c3nc4ccccc4s3)ccc12. The van der Waals surface area contributed by atoms with E-state index in [1.165, 1.54) is 16.4 Å². The highest BCUT2D eigenvalue weighted by Crippen LogP contribution is 2.42. The van der Waals surface area contributed by atoms with E-state index in [9.17, 15) is 9.90 Å². The Morgan fingerprint density at radius 2 is 1.86 bits per heavy atom. The van der Waals surface area contributed by atoms with Crippen molar-refractivity contribution in [2.75, 3.05) is 5.32 Å². The molecule has 1 amide bonds. The number of thiazole rings is 1. The molecule has 0 bridgehead atoms. The molecule has 43 heavy (non-hydrogen) atoms. The molecule has 11 nitrogen and oxygen atoms in total. The summed E-state index contributed by atoms with van der Waals surface area (Å²) in [6.45, 7) is 7.55. The summed E-state index contributed by atoms with van der Waals surface area (Å²) in [5.41, 5.74) is 4.03. The third-order valence-electron chi connectivity index (χ3n) is 6.53. The number of carbonyl (C=O) groups excluding carboxylic acids is 1. The number of carbonyl (C=O) groups is 1. The standard InChI is InChI=1S/C30H17N9O2S2/c1-31-23-15-33-39(30-32-16-42-38-30)27(23)37-36-25-20-12-11-17(29-35-22-9-5-6-10-24(22)43-29)13-18(20)14-21(26(25)40)28(41)34-19-7-3-2-4-8-19/h2-16,40H,(H,34,41). The minimum absolute atomic E-state index is 0.00633. The van der Waals surface area contributed by atoms with Gasteiger partial charge < -0.3 is 10.4 Å². The molecule has 4 aromatic carbocycles. The highest BCUT2D eigenvalue weighted by atomic mass is 32.1. The Balaban J connectivity index is 1.38. The molecule has 0 radical (unpaired) electrons. The topological polar surface area (TPSA) is 135 Å². The zero-order valence-corrected chi connectivity index (χ0v) is 23.5. The molecule has 3 heterocycles. The molecule has 0 unspecified atom stereocenters. The van der Waals surface area contributed by atoms with Gasteiger partial charge in [0.05, 0.1) is 28.5 Å². The highest BCUT2D eigenvalue weighted by Gasteiger charge is 2.21. The molecule has 0 aliphatic carbocycles. The summed E-state index contributed by atoms with van der Waals surface area (Å²) in [4.78, 5) is 25.8. The fraction of sp³-hybridized carbons (Fsp3) is 0. The van der Waals surface area contributed by atoms with Crippen molar-refractivity contribution in [3.8, 4) is 22.3 Å². The van der Waals surface area contributed by atoms with E-state index >= 15 is 0 Å². The molecule has 7 rings (SSSR count). The summed E-state index contributed by atoms with van der Waals surface area (Å²) in [6.07, 6.45) is 1.34. The average Bonchev–Trinajstić information content (AvgIpc) is 3.80. The third kappa shape index (κ3) is 4.86. The van der Waals surface area contributed by atoms with Crippen molar-refractivity contribution >= 4 is 72.6 Å². The van der Waals surface area contributed by atoms with Crippen molar-refractivity contribution in [3.05, 3.63) is 108 Å². The number of hydrogen-bond acceptors (Lipinski definition) is 10. The monoisotopic (exact) mass is 599 g/mol. The van der Waals surface area contributed by atoms with Crippen molar-refractivity contribution in [2.45, 2.75) is 0 Å². The molecular weight excluding hydrogens is 583 g/mol. The largest absolute Gasteiger partial charge is 0.505 e. The fourth-order valence-corrected chi connectivity index (χ4v) is 5.88. The van der Waals surface area contributed by atoms with Crippen LogP contribution in [-0.2, 0) is 0 Å². The number of para-hydroxylation sites is 2. The van der Waals surface area contributed by atoms with Crippen molar-refractivity contribution in [1.29, 1.82) is 0 Å². The Morgan fingerprint density at radius 3 is 2.65 bits per heavy atom. The molecular formula is C30H17N9O2S2. The lowest BCUT2D eigenvalue weighted by molar-refractivity contribution is 0.102. The van der Waals surface area contributed by atoms with Gasteiger partial charge in [-0.15, -0.1) is 21.6 Å². The molecule has 0 spiro atoms. The molecule has 0 saturated carbocycles. The van der Waals surface area contributed by atoms with E-state index in [4.69, 9.17) is 11.6 Å². The number of fused-ring (bicyclic) bond motifs is 2. The van der Waals surface area contributed by atoms with Gasteiger partial charge in [-0.05, 0) is 53.3 Å². The van der Waals surface area contributed by atoms with E-state index in [1.54, 1.807) is 47.7 Å². The Hall–Kier alpha value is -5.84. The predicted molar refractivity (Wildman–Crippen MR) is 166 cm³/mol. The first kappa shape index (κ1) is 26.1. The maximum atomic E-state index is 13.4. The summed E-state index contributed by atoms with van der Waals surface area (Å²) in [7, 11) is 0. The second kappa shape index (κ2) is 10.9. The highest BCUT2D eigenvalue weighted by molar-refractivity contribution is 7.21. The summed E-state index contributed by atoms with van der Waals surface area (Å²) in [5, 5.41) is 29.1. The molecule has 7 aromatic rings. The zero-order chi connectivity index (χ0) is 29.3. The van der Waals surface area contributed by atoms with E-state index in [0.29, 0.717) is 16.5 Å². The van der Waals surface area contributed by atoms with Crippen molar-refractivity contribution in [3.63, 3.8) is 0 Å². The van der Waals surface area contributed by atoms with Crippen LogP contribution in [0.15, 0.2) is 101 Å². The lowest BCUT2D eigenvalue weighted by Gasteiger charge is -2.12. The lowest BCUT2D eigenvalue weighted by atomic mass is 10.0. The van der Waals surface area contributed by atoms with Gasteiger partial charge in [0.1, 0.15) is 16.2 Å². The number of benzene rings is 4.